The molecule has 2 heterocycles. The van der Waals surface area contributed by atoms with Gasteiger partial charge in [-0.2, -0.15) is 16.9 Å². The lowest BCUT2D eigenvalue weighted by atomic mass is 10.1. The van der Waals surface area contributed by atoms with E-state index in [4.69, 9.17) is 0 Å². The van der Waals surface area contributed by atoms with Crippen molar-refractivity contribution in [3.8, 4) is 5.88 Å². The Morgan fingerprint density at radius 1 is 1.12 bits per heavy atom. The number of aromatic hydroxyl groups is 1. The highest BCUT2D eigenvalue weighted by Gasteiger charge is 2.27. The van der Waals surface area contributed by atoms with Crippen molar-refractivity contribution in [1.29, 1.82) is 0 Å². The molecule has 128 valence electrons. The summed E-state index contributed by atoms with van der Waals surface area (Å²) in [5.41, 5.74) is 4.62. The van der Waals surface area contributed by atoms with Gasteiger partial charge in [0.1, 0.15) is 0 Å². The molecule has 0 unspecified atom stereocenters. The van der Waals surface area contributed by atoms with Crippen molar-refractivity contribution >= 4 is 50.0 Å². The topological polar surface area (TPSA) is 49.9 Å². The molecule has 1 N–H and O–H groups in total. The van der Waals surface area contributed by atoms with Crippen LogP contribution in [0.2, 0.25) is 0 Å². The van der Waals surface area contributed by atoms with Crippen molar-refractivity contribution in [3.05, 3.63) is 52.0 Å². The predicted octanol–water partition coefficient (Wildman–Crippen LogP) is 6.43. The molecule has 0 amide bonds. The van der Waals surface area contributed by atoms with Gasteiger partial charge in [0.25, 0.3) is 0 Å². The van der Waals surface area contributed by atoms with Crippen LogP contribution in [0.4, 0.5) is 11.4 Å². The SMILES string of the molecule is Cc1ccc(N=Nc2c(O)n(C3CSC3)c3ccc(Br)cc23)c(C)c1. The summed E-state index contributed by atoms with van der Waals surface area (Å²) in [6.45, 7) is 4.08. The van der Waals surface area contributed by atoms with Crippen LogP contribution in [0.5, 0.6) is 5.88 Å². The number of rotatable bonds is 3. The van der Waals surface area contributed by atoms with Gasteiger partial charge in [0, 0.05) is 21.4 Å². The van der Waals surface area contributed by atoms with Crippen molar-refractivity contribution in [2.75, 3.05) is 11.5 Å². The van der Waals surface area contributed by atoms with Crippen LogP contribution in [-0.4, -0.2) is 21.2 Å². The maximum Gasteiger partial charge on any atom is 0.221 e. The average Bonchev–Trinajstić information content (AvgIpc) is 2.77. The third-order valence-corrected chi connectivity index (χ3v) is 6.24. The molecule has 1 saturated heterocycles. The second kappa shape index (κ2) is 6.50. The minimum atomic E-state index is 0.201. The Labute approximate surface area is 159 Å². The van der Waals surface area contributed by atoms with Gasteiger partial charge in [-0.05, 0) is 43.7 Å². The summed E-state index contributed by atoms with van der Waals surface area (Å²) in [5.74, 6) is 2.23. The van der Waals surface area contributed by atoms with Gasteiger partial charge in [-0.15, -0.1) is 5.11 Å². The van der Waals surface area contributed by atoms with E-state index in [9.17, 15) is 5.11 Å². The molecule has 0 bridgehead atoms. The Morgan fingerprint density at radius 2 is 1.92 bits per heavy atom. The lowest BCUT2D eigenvalue weighted by Gasteiger charge is -2.27. The van der Waals surface area contributed by atoms with Gasteiger partial charge >= 0.3 is 0 Å². The zero-order chi connectivity index (χ0) is 17.6. The van der Waals surface area contributed by atoms with Gasteiger partial charge in [0.05, 0.1) is 17.2 Å². The monoisotopic (exact) mass is 415 g/mol. The molecular weight excluding hydrogens is 398 g/mol. The molecule has 4 rings (SSSR count). The molecule has 25 heavy (non-hydrogen) atoms. The fourth-order valence-electron chi connectivity index (χ4n) is 3.12. The first-order valence-electron chi connectivity index (χ1n) is 8.14. The first-order chi connectivity index (χ1) is 12.0. The summed E-state index contributed by atoms with van der Waals surface area (Å²) < 4.78 is 2.96. The number of hydrogen-bond donors (Lipinski definition) is 1. The van der Waals surface area contributed by atoms with Gasteiger partial charge in [-0.1, -0.05) is 33.6 Å². The molecule has 0 aliphatic carbocycles. The van der Waals surface area contributed by atoms with Crippen molar-refractivity contribution in [2.45, 2.75) is 19.9 Å². The number of hydrogen-bond acceptors (Lipinski definition) is 4. The molecular formula is C19H18BrN3OS. The molecule has 1 aliphatic heterocycles. The minimum Gasteiger partial charge on any atom is -0.493 e. The molecule has 6 heteroatoms. The summed E-state index contributed by atoms with van der Waals surface area (Å²) in [4.78, 5) is 0. The zero-order valence-corrected chi connectivity index (χ0v) is 16.4. The third kappa shape index (κ3) is 2.98. The molecule has 1 aromatic heterocycles. The van der Waals surface area contributed by atoms with Crippen LogP contribution in [0, 0.1) is 13.8 Å². The average molecular weight is 416 g/mol. The fourth-order valence-corrected chi connectivity index (χ4v) is 4.22. The van der Waals surface area contributed by atoms with Crippen LogP contribution in [-0.2, 0) is 0 Å². The highest BCUT2D eigenvalue weighted by molar-refractivity contribution is 9.10. The van der Waals surface area contributed by atoms with Gasteiger partial charge in [0.2, 0.25) is 5.88 Å². The Bertz CT molecular complexity index is 992. The van der Waals surface area contributed by atoms with Gasteiger partial charge < -0.3 is 9.67 Å². The summed E-state index contributed by atoms with van der Waals surface area (Å²) in [6.07, 6.45) is 0. The van der Waals surface area contributed by atoms with Crippen LogP contribution >= 0.6 is 27.7 Å². The lowest BCUT2D eigenvalue weighted by molar-refractivity contribution is 0.406. The molecule has 1 aliphatic rings. The number of benzene rings is 2. The third-order valence-electron chi connectivity index (χ3n) is 4.51. The van der Waals surface area contributed by atoms with E-state index in [-0.39, 0.29) is 5.88 Å². The van der Waals surface area contributed by atoms with Crippen LogP contribution in [0.25, 0.3) is 10.9 Å². The first-order valence-corrected chi connectivity index (χ1v) is 10.1. The lowest BCUT2D eigenvalue weighted by Crippen LogP contribution is -2.22. The zero-order valence-electron chi connectivity index (χ0n) is 14.0. The molecule has 0 saturated carbocycles. The summed E-state index contributed by atoms with van der Waals surface area (Å²) in [7, 11) is 0. The van der Waals surface area contributed by atoms with E-state index in [1.807, 2.05) is 53.6 Å². The highest BCUT2D eigenvalue weighted by Crippen LogP contribution is 2.45. The Kier molecular flexibility index (Phi) is 4.33. The number of aryl methyl sites for hydroxylation is 2. The van der Waals surface area contributed by atoms with Crippen molar-refractivity contribution < 1.29 is 5.11 Å². The maximum absolute atomic E-state index is 10.8. The molecule has 1 fully saturated rings. The van der Waals surface area contributed by atoms with Gasteiger partial charge in [0.15, 0.2) is 5.69 Å². The second-order valence-corrected chi connectivity index (χ2v) is 8.38. The van der Waals surface area contributed by atoms with Crippen LogP contribution < -0.4 is 0 Å². The predicted molar refractivity (Wildman–Crippen MR) is 108 cm³/mol. The van der Waals surface area contributed by atoms with Crippen LogP contribution in [0.1, 0.15) is 17.2 Å². The maximum atomic E-state index is 10.8. The summed E-state index contributed by atoms with van der Waals surface area (Å²) >= 11 is 5.40. The second-order valence-electron chi connectivity index (χ2n) is 6.38. The summed E-state index contributed by atoms with van der Waals surface area (Å²) in [6, 6.07) is 12.4. The molecule has 0 radical (unpaired) electrons. The fraction of sp³-hybridized carbons (Fsp3) is 0.263. The van der Waals surface area contributed by atoms with Gasteiger partial charge in [-0.25, -0.2) is 0 Å². The van der Waals surface area contributed by atoms with Crippen molar-refractivity contribution in [3.63, 3.8) is 0 Å². The highest BCUT2D eigenvalue weighted by atomic mass is 79.9. The first kappa shape index (κ1) is 16.7. The standard InChI is InChI=1S/C19H18BrN3OS/c1-11-3-5-16(12(2)7-11)21-22-18-15-8-13(20)4-6-17(15)23(19(18)24)14-9-25-10-14/h3-8,14,24H,9-10H2,1-2H3. The number of aromatic nitrogens is 1. The molecule has 0 spiro atoms. The molecule has 2 aromatic carbocycles. The van der Waals surface area contributed by atoms with E-state index in [2.05, 4.69) is 39.1 Å². The largest absolute Gasteiger partial charge is 0.493 e. The minimum absolute atomic E-state index is 0.201. The number of halogens is 1. The molecule has 4 nitrogen and oxygen atoms in total. The van der Waals surface area contributed by atoms with Crippen LogP contribution in [0.3, 0.4) is 0 Å². The Hall–Kier alpha value is -1.79. The molecule has 0 atom stereocenters. The van der Waals surface area contributed by atoms with E-state index < -0.39 is 0 Å². The quantitative estimate of drug-likeness (QED) is 0.500. The van der Waals surface area contributed by atoms with E-state index in [1.165, 1.54) is 5.56 Å². The number of fused-ring (bicyclic) bond motifs is 1. The van der Waals surface area contributed by atoms with E-state index in [0.717, 1.165) is 38.1 Å². The van der Waals surface area contributed by atoms with E-state index in [1.54, 1.807) is 0 Å². The Balaban J connectivity index is 1.84. The van der Waals surface area contributed by atoms with E-state index in [0.29, 0.717) is 11.7 Å². The van der Waals surface area contributed by atoms with Crippen molar-refractivity contribution in [2.24, 2.45) is 10.2 Å². The van der Waals surface area contributed by atoms with E-state index >= 15 is 0 Å². The van der Waals surface area contributed by atoms with Gasteiger partial charge in [-0.3, -0.25) is 0 Å². The smallest absolute Gasteiger partial charge is 0.221 e. The van der Waals surface area contributed by atoms with Crippen LogP contribution in [0.15, 0.2) is 51.1 Å². The number of thioether (sulfide) groups is 1. The molecule has 3 aromatic rings. The number of nitrogens with zero attached hydrogens (tertiary/aromatic N) is 3. The Morgan fingerprint density at radius 3 is 2.60 bits per heavy atom. The number of azo groups is 1. The summed E-state index contributed by atoms with van der Waals surface area (Å²) in [5, 5.41) is 20.6. The normalized spacial score (nSPS) is 15.2. The van der Waals surface area contributed by atoms with Crippen molar-refractivity contribution in [1.82, 2.24) is 4.57 Å².